The molecular formula is C11H10ClNO. The van der Waals surface area contributed by atoms with E-state index in [0.717, 1.165) is 22.8 Å². The Morgan fingerprint density at radius 1 is 1.43 bits per heavy atom. The summed E-state index contributed by atoms with van der Waals surface area (Å²) in [6, 6.07) is 3.78. The maximum Gasteiger partial charge on any atom is 0.152 e. The Balaban J connectivity index is 3.02. The molecule has 1 heterocycles. The average molecular weight is 208 g/mol. The zero-order valence-corrected chi connectivity index (χ0v) is 8.80. The molecule has 0 unspecified atom stereocenters. The number of nitrogens with zero attached hydrogens (tertiary/aromatic N) is 1. The van der Waals surface area contributed by atoms with Gasteiger partial charge in [0.2, 0.25) is 0 Å². The Morgan fingerprint density at radius 2 is 2.14 bits per heavy atom. The molecule has 0 N–H and O–H groups in total. The predicted octanol–water partition coefficient (Wildman–Crippen LogP) is 2.95. The van der Waals surface area contributed by atoms with Crippen LogP contribution in [-0.2, 0) is 7.05 Å². The van der Waals surface area contributed by atoms with Gasteiger partial charge in [-0.3, -0.25) is 4.79 Å². The van der Waals surface area contributed by atoms with Crippen molar-refractivity contribution in [3.63, 3.8) is 0 Å². The van der Waals surface area contributed by atoms with Crippen LogP contribution in [0.3, 0.4) is 0 Å². The molecule has 2 aromatic rings. The molecular weight excluding hydrogens is 198 g/mol. The van der Waals surface area contributed by atoms with Crippen LogP contribution in [0.5, 0.6) is 0 Å². The zero-order chi connectivity index (χ0) is 10.3. The van der Waals surface area contributed by atoms with Crippen molar-refractivity contribution in [2.24, 2.45) is 7.05 Å². The quantitative estimate of drug-likeness (QED) is 0.659. The van der Waals surface area contributed by atoms with Gasteiger partial charge in [0.25, 0.3) is 0 Å². The van der Waals surface area contributed by atoms with Gasteiger partial charge >= 0.3 is 0 Å². The molecule has 72 valence electrons. The maximum atomic E-state index is 10.8. The fraction of sp³-hybridized carbons (Fsp3) is 0.182. The van der Waals surface area contributed by atoms with Crippen molar-refractivity contribution >= 4 is 28.8 Å². The minimum atomic E-state index is 0.633. The van der Waals surface area contributed by atoms with Gasteiger partial charge in [0, 0.05) is 24.2 Å². The van der Waals surface area contributed by atoms with E-state index in [9.17, 15) is 4.79 Å². The number of hydrogen-bond donors (Lipinski definition) is 0. The highest BCUT2D eigenvalue weighted by Crippen LogP contribution is 2.29. The summed E-state index contributed by atoms with van der Waals surface area (Å²) in [5.74, 6) is 0. The number of benzene rings is 1. The number of aldehydes is 1. The summed E-state index contributed by atoms with van der Waals surface area (Å²) in [6.07, 6.45) is 2.64. The van der Waals surface area contributed by atoms with Crippen LogP contribution in [0.1, 0.15) is 15.9 Å². The Bertz CT molecular complexity index is 513. The Labute approximate surface area is 87.1 Å². The molecule has 1 aromatic carbocycles. The highest BCUT2D eigenvalue weighted by Gasteiger charge is 2.10. The molecule has 1 aromatic heterocycles. The number of carbonyl (C=O) groups is 1. The van der Waals surface area contributed by atoms with E-state index >= 15 is 0 Å². The van der Waals surface area contributed by atoms with Crippen LogP contribution in [0.2, 0.25) is 5.02 Å². The van der Waals surface area contributed by atoms with Crippen molar-refractivity contribution in [2.45, 2.75) is 6.92 Å². The molecule has 3 heteroatoms. The van der Waals surface area contributed by atoms with E-state index < -0.39 is 0 Å². The van der Waals surface area contributed by atoms with Gasteiger partial charge in [0.15, 0.2) is 6.29 Å². The molecule has 14 heavy (non-hydrogen) atoms. The van der Waals surface area contributed by atoms with E-state index in [4.69, 9.17) is 11.6 Å². The second-order valence-corrected chi connectivity index (χ2v) is 3.81. The molecule has 0 aliphatic rings. The van der Waals surface area contributed by atoms with Gasteiger partial charge in [-0.15, -0.1) is 0 Å². The number of aryl methyl sites for hydroxylation is 2. The predicted molar refractivity (Wildman–Crippen MR) is 58.1 cm³/mol. The number of fused-ring (bicyclic) bond motifs is 1. The van der Waals surface area contributed by atoms with Crippen molar-refractivity contribution in [1.29, 1.82) is 0 Å². The molecule has 0 aliphatic heterocycles. The Kier molecular flexibility index (Phi) is 2.08. The molecule has 0 aliphatic carbocycles. The Morgan fingerprint density at radius 3 is 2.79 bits per heavy atom. The highest BCUT2D eigenvalue weighted by atomic mass is 35.5. The third-order valence-corrected chi connectivity index (χ3v) is 2.74. The van der Waals surface area contributed by atoms with Crippen molar-refractivity contribution in [1.82, 2.24) is 4.57 Å². The smallest absolute Gasteiger partial charge is 0.152 e. The summed E-state index contributed by atoms with van der Waals surface area (Å²) in [6.45, 7) is 2.01. The monoisotopic (exact) mass is 207 g/mol. The first-order valence-corrected chi connectivity index (χ1v) is 4.72. The van der Waals surface area contributed by atoms with Gasteiger partial charge in [0.05, 0.1) is 10.5 Å². The minimum absolute atomic E-state index is 0.633. The second-order valence-electron chi connectivity index (χ2n) is 3.40. The van der Waals surface area contributed by atoms with Gasteiger partial charge in [-0.25, -0.2) is 0 Å². The van der Waals surface area contributed by atoms with Crippen LogP contribution in [-0.4, -0.2) is 10.9 Å². The molecule has 0 spiro atoms. The number of aromatic nitrogens is 1. The molecule has 2 rings (SSSR count). The number of carbonyl (C=O) groups excluding carboxylic acids is 1. The largest absolute Gasteiger partial charge is 0.350 e. The van der Waals surface area contributed by atoms with E-state index in [1.165, 1.54) is 0 Å². The fourth-order valence-corrected chi connectivity index (χ4v) is 2.09. The normalized spacial score (nSPS) is 10.8. The molecule has 0 radical (unpaired) electrons. The number of hydrogen-bond acceptors (Lipinski definition) is 1. The lowest BCUT2D eigenvalue weighted by Crippen LogP contribution is -1.86. The van der Waals surface area contributed by atoms with E-state index in [1.807, 2.05) is 30.7 Å². The molecule has 2 nitrogen and oxygen atoms in total. The van der Waals surface area contributed by atoms with Crippen LogP contribution in [0.15, 0.2) is 18.3 Å². The van der Waals surface area contributed by atoms with Crippen LogP contribution in [0, 0.1) is 6.92 Å². The van der Waals surface area contributed by atoms with Gasteiger partial charge < -0.3 is 4.57 Å². The van der Waals surface area contributed by atoms with E-state index in [1.54, 1.807) is 6.20 Å². The van der Waals surface area contributed by atoms with Crippen LogP contribution < -0.4 is 0 Å². The first kappa shape index (κ1) is 9.28. The molecule has 0 bridgehead atoms. The second kappa shape index (κ2) is 3.14. The Hall–Kier alpha value is -1.28. The number of halogens is 1. The third-order valence-electron chi connectivity index (χ3n) is 2.43. The summed E-state index contributed by atoms with van der Waals surface area (Å²) in [4.78, 5) is 10.8. The van der Waals surface area contributed by atoms with Gasteiger partial charge in [-0.05, 0) is 18.6 Å². The lowest BCUT2D eigenvalue weighted by atomic mass is 10.1. The zero-order valence-electron chi connectivity index (χ0n) is 8.04. The van der Waals surface area contributed by atoms with E-state index in [0.29, 0.717) is 10.6 Å². The molecule has 0 fully saturated rings. The standard InChI is InChI=1S/C11H10ClNO/c1-7-3-4-9(12)10-8(6-14)5-13(2)11(7)10/h3-6H,1-2H3. The lowest BCUT2D eigenvalue weighted by molar-refractivity contribution is 0.112. The van der Waals surface area contributed by atoms with Crippen molar-refractivity contribution in [3.8, 4) is 0 Å². The average Bonchev–Trinajstić information content (AvgIpc) is 2.50. The van der Waals surface area contributed by atoms with Crippen molar-refractivity contribution in [3.05, 3.63) is 34.5 Å². The van der Waals surface area contributed by atoms with Crippen LogP contribution >= 0.6 is 11.6 Å². The van der Waals surface area contributed by atoms with Gasteiger partial charge in [-0.1, -0.05) is 17.7 Å². The fourth-order valence-electron chi connectivity index (χ4n) is 1.83. The van der Waals surface area contributed by atoms with Crippen molar-refractivity contribution in [2.75, 3.05) is 0 Å². The first-order chi connectivity index (χ1) is 6.65. The molecule has 0 atom stereocenters. The topological polar surface area (TPSA) is 22.0 Å². The maximum absolute atomic E-state index is 10.8. The SMILES string of the molecule is Cc1ccc(Cl)c2c(C=O)cn(C)c12. The van der Waals surface area contributed by atoms with Crippen LogP contribution in [0.4, 0.5) is 0 Å². The number of rotatable bonds is 1. The third kappa shape index (κ3) is 1.15. The summed E-state index contributed by atoms with van der Waals surface area (Å²) < 4.78 is 1.93. The van der Waals surface area contributed by atoms with Crippen molar-refractivity contribution < 1.29 is 4.79 Å². The lowest BCUT2D eigenvalue weighted by Gasteiger charge is -2.01. The highest BCUT2D eigenvalue weighted by molar-refractivity contribution is 6.36. The van der Waals surface area contributed by atoms with E-state index in [-0.39, 0.29) is 0 Å². The van der Waals surface area contributed by atoms with E-state index in [2.05, 4.69) is 0 Å². The molecule has 0 saturated carbocycles. The summed E-state index contributed by atoms with van der Waals surface area (Å²) >= 11 is 6.05. The summed E-state index contributed by atoms with van der Waals surface area (Å²) in [7, 11) is 1.92. The van der Waals surface area contributed by atoms with Crippen LogP contribution in [0.25, 0.3) is 10.9 Å². The molecule has 0 saturated heterocycles. The minimum Gasteiger partial charge on any atom is -0.350 e. The molecule has 0 amide bonds. The summed E-state index contributed by atoms with van der Waals surface area (Å²) in [5.41, 5.74) is 2.80. The van der Waals surface area contributed by atoms with Gasteiger partial charge in [0.1, 0.15) is 0 Å². The van der Waals surface area contributed by atoms with Gasteiger partial charge in [-0.2, -0.15) is 0 Å². The summed E-state index contributed by atoms with van der Waals surface area (Å²) in [5, 5.41) is 1.48. The first-order valence-electron chi connectivity index (χ1n) is 4.34.